The van der Waals surface area contributed by atoms with Gasteiger partial charge in [0.15, 0.2) is 0 Å². The lowest BCUT2D eigenvalue weighted by atomic mass is 10.1. The van der Waals surface area contributed by atoms with Crippen LogP contribution in [0.5, 0.6) is 0 Å². The summed E-state index contributed by atoms with van der Waals surface area (Å²) in [5, 5.41) is 3.22. The molecule has 0 saturated heterocycles. The van der Waals surface area contributed by atoms with Gasteiger partial charge in [-0.2, -0.15) is 0 Å². The molecule has 1 saturated carbocycles. The molecule has 3 rings (SSSR count). The normalized spacial score (nSPS) is 15.8. The molecule has 0 bridgehead atoms. The summed E-state index contributed by atoms with van der Waals surface area (Å²) in [6.07, 6.45) is 7.39. The fourth-order valence-electron chi connectivity index (χ4n) is 3.34. The molecule has 2 aromatic rings. The molecule has 1 fully saturated rings. The van der Waals surface area contributed by atoms with Crippen LogP contribution in [0.25, 0.3) is 0 Å². The third-order valence-corrected chi connectivity index (χ3v) is 6.72. The molecule has 5 heteroatoms. The number of thioether (sulfide) groups is 1. The Bertz CT molecular complexity index is 688. The van der Waals surface area contributed by atoms with Crippen molar-refractivity contribution in [2.24, 2.45) is 0 Å². The van der Waals surface area contributed by atoms with Crippen LogP contribution in [0, 0.1) is 6.92 Å². The van der Waals surface area contributed by atoms with Crippen molar-refractivity contribution in [1.29, 1.82) is 0 Å². The summed E-state index contributed by atoms with van der Waals surface area (Å²) in [5.41, 5.74) is 1.92. The van der Waals surface area contributed by atoms with Gasteiger partial charge in [-0.05, 0) is 44.0 Å². The highest BCUT2D eigenvalue weighted by molar-refractivity contribution is 7.98. The number of amides is 1. The highest BCUT2D eigenvalue weighted by Gasteiger charge is 2.22. The zero-order valence-electron chi connectivity index (χ0n) is 15.0. The Morgan fingerprint density at radius 2 is 1.88 bits per heavy atom. The number of nitrogens with zero attached hydrogens (tertiary/aromatic N) is 2. The summed E-state index contributed by atoms with van der Waals surface area (Å²) < 4.78 is 0. The minimum atomic E-state index is 0.151. The number of benzene rings is 1. The molecule has 1 aliphatic carbocycles. The van der Waals surface area contributed by atoms with Crippen molar-refractivity contribution in [2.75, 3.05) is 7.05 Å². The zero-order valence-corrected chi connectivity index (χ0v) is 16.7. The monoisotopic (exact) mass is 374 g/mol. The lowest BCUT2D eigenvalue weighted by Gasteiger charge is -2.27. The maximum Gasteiger partial charge on any atom is 0.253 e. The number of rotatable bonds is 5. The highest BCUT2D eigenvalue weighted by atomic mass is 32.2. The van der Waals surface area contributed by atoms with Gasteiger partial charge in [-0.1, -0.05) is 25.7 Å². The van der Waals surface area contributed by atoms with Gasteiger partial charge in [-0.25, -0.2) is 4.98 Å². The van der Waals surface area contributed by atoms with Crippen LogP contribution in [0.1, 0.15) is 59.6 Å². The highest BCUT2D eigenvalue weighted by Crippen LogP contribution is 2.25. The van der Waals surface area contributed by atoms with E-state index in [1.165, 1.54) is 30.6 Å². The summed E-state index contributed by atoms with van der Waals surface area (Å²) in [5.74, 6) is 1.03. The van der Waals surface area contributed by atoms with Crippen molar-refractivity contribution in [1.82, 2.24) is 9.88 Å². The molecule has 0 radical (unpaired) electrons. The third kappa shape index (κ3) is 5.08. The van der Waals surface area contributed by atoms with Gasteiger partial charge in [0.1, 0.15) is 0 Å². The molecule has 3 nitrogen and oxygen atoms in total. The maximum atomic E-state index is 12.8. The van der Waals surface area contributed by atoms with Crippen LogP contribution in [-0.2, 0) is 5.75 Å². The molecule has 0 unspecified atom stereocenters. The Labute approximate surface area is 158 Å². The number of hydrogen-bond donors (Lipinski definition) is 0. The molecule has 1 aromatic carbocycles. The van der Waals surface area contributed by atoms with E-state index in [2.05, 4.69) is 22.5 Å². The first-order chi connectivity index (χ1) is 12.1. The largest absolute Gasteiger partial charge is 0.339 e. The Morgan fingerprint density at radius 3 is 2.48 bits per heavy atom. The average Bonchev–Trinajstić information content (AvgIpc) is 2.87. The van der Waals surface area contributed by atoms with Crippen molar-refractivity contribution in [2.45, 2.75) is 62.1 Å². The predicted molar refractivity (Wildman–Crippen MR) is 106 cm³/mol. The van der Waals surface area contributed by atoms with Gasteiger partial charge in [0.25, 0.3) is 5.91 Å². The quantitative estimate of drug-likeness (QED) is 0.509. The van der Waals surface area contributed by atoms with Gasteiger partial charge < -0.3 is 4.90 Å². The van der Waals surface area contributed by atoms with Gasteiger partial charge in [-0.3, -0.25) is 4.79 Å². The van der Waals surface area contributed by atoms with Crippen LogP contribution >= 0.6 is 23.1 Å². The molecular weight excluding hydrogens is 348 g/mol. The molecular formula is C20H26N2OS2. The van der Waals surface area contributed by atoms with E-state index in [1.54, 1.807) is 23.1 Å². The van der Waals surface area contributed by atoms with Gasteiger partial charge >= 0.3 is 0 Å². The van der Waals surface area contributed by atoms with Crippen LogP contribution in [0.15, 0.2) is 34.5 Å². The van der Waals surface area contributed by atoms with Crippen LogP contribution in [0.3, 0.4) is 0 Å². The molecule has 0 N–H and O–H groups in total. The van der Waals surface area contributed by atoms with E-state index in [-0.39, 0.29) is 5.91 Å². The molecule has 25 heavy (non-hydrogen) atoms. The molecule has 134 valence electrons. The van der Waals surface area contributed by atoms with E-state index in [0.717, 1.165) is 34.9 Å². The van der Waals surface area contributed by atoms with Crippen LogP contribution < -0.4 is 0 Å². The molecule has 0 atom stereocenters. The smallest absolute Gasteiger partial charge is 0.253 e. The molecule has 1 amide bonds. The summed E-state index contributed by atoms with van der Waals surface area (Å²) in [6, 6.07) is 8.43. The standard InChI is InChI=1S/C20H26N2OS2/c1-15-21-17(13-24-15)14-25-19-11-9-16(10-12-19)20(23)22(2)18-7-5-3-4-6-8-18/h9-13,18H,3-8,14H2,1-2H3. The molecule has 0 aliphatic heterocycles. The van der Waals surface area contributed by atoms with Gasteiger partial charge in [-0.15, -0.1) is 23.1 Å². The average molecular weight is 375 g/mol. The van der Waals surface area contributed by atoms with E-state index < -0.39 is 0 Å². The Kier molecular flexibility index (Phi) is 6.54. The lowest BCUT2D eigenvalue weighted by molar-refractivity contribution is 0.0717. The van der Waals surface area contributed by atoms with E-state index in [1.807, 2.05) is 31.0 Å². The summed E-state index contributed by atoms with van der Waals surface area (Å²) in [7, 11) is 1.96. The first-order valence-corrected chi connectivity index (χ1v) is 10.9. The van der Waals surface area contributed by atoms with Gasteiger partial charge in [0.05, 0.1) is 10.7 Å². The summed E-state index contributed by atoms with van der Waals surface area (Å²) >= 11 is 3.46. The maximum absolute atomic E-state index is 12.8. The number of hydrogen-bond acceptors (Lipinski definition) is 4. The van der Waals surface area contributed by atoms with Crippen molar-refractivity contribution in [3.8, 4) is 0 Å². The second-order valence-corrected chi connectivity index (χ2v) is 8.84. The molecule has 1 aromatic heterocycles. The topological polar surface area (TPSA) is 33.2 Å². The van der Waals surface area contributed by atoms with Crippen molar-refractivity contribution < 1.29 is 4.79 Å². The van der Waals surface area contributed by atoms with E-state index >= 15 is 0 Å². The van der Waals surface area contributed by atoms with Crippen molar-refractivity contribution >= 4 is 29.0 Å². The minimum absolute atomic E-state index is 0.151. The zero-order chi connectivity index (χ0) is 17.6. The van der Waals surface area contributed by atoms with E-state index in [0.29, 0.717) is 6.04 Å². The molecule has 1 heterocycles. The fraction of sp³-hybridized carbons (Fsp3) is 0.500. The van der Waals surface area contributed by atoms with E-state index in [4.69, 9.17) is 0 Å². The SMILES string of the molecule is Cc1nc(CSc2ccc(C(=O)N(C)C3CCCCCC3)cc2)cs1. The second-order valence-electron chi connectivity index (χ2n) is 6.73. The Hall–Kier alpha value is -1.33. The third-order valence-electron chi connectivity index (χ3n) is 4.85. The minimum Gasteiger partial charge on any atom is -0.339 e. The fourth-order valence-corrected chi connectivity index (χ4v) is 4.85. The summed E-state index contributed by atoms with van der Waals surface area (Å²) in [4.78, 5) is 20.4. The Balaban J connectivity index is 1.57. The van der Waals surface area contributed by atoms with Crippen LogP contribution in [0.4, 0.5) is 0 Å². The second kappa shape index (κ2) is 8.86. The van der Waals surface area contributed by atoms with Gasteiger partial charge in [0.2, 0.25) is 0 Å². The number of aromatic nitrogens is 1. The van der Waals surface area contributed by atoms with Gasteiger partial charge in [0, 0.05) is 34.7 Å². The number of thiazole rings is 1. The predicted octanol–water partition coefficient (Wildman–Crippen LogP) is 5.54. The molecule has 1 aliphatic rings. The first kappa shape index (κ1) is 18.5. The van der Waals surface area contributed by atoms with Crippen LogP contribution in [0.2, 0.25) is 0 Å². The van der Waals surface area contributed by atoms with Crippen LogP contribution in [-0.4, -0.2) is 28.9 Å². The first-order valence-electron chi connectivity index (χ1n) is 9.04. The lowest BCUT2D eigenvalue weighted by Crippen LogP contribution is -2.36. The number of carbonyl (C=O) groups excluding carboxylic acids is 1. The van der Waals surface area contributed by atoms with E-state index in [9.17, 15) is 4.79 Å². The van der Waals surface area contributed by atoms with Crippen molar-refractivity contribution in [3.63, 3.8) is 0 Å². The number of carbonyl (C=O) groups is 1. The van der Waals surface area contributed by atoms with Crippen molar-refractivity contribution in [3.05, 3.63) is 45.9 Å². The Morgan fingerprint density at radius 1 is 1.20 bits per heavy atom. The number of aryl methyl sites for hydroxylation is 1. The summed E-state index contributed by atoms with van der Waals surface area (Å²) in [6.45, 7) is 2.03. The molecule has 0 spiro atoms.